The molecule has 1 aliphatic rings. The monoisotopic (exact) mass is 404 g/mol. The third-order valence-corrected chi connectivity index (χ3v) is 5.36. The van der Waals surface area contributed by atoms with Gasteiger partial charge < -0.3 is 15.1 Å². The Morgan fingerprint density at radius 3 is 2.50 bits per heavy atom. The van der Waals surface area contributed by atoms with Gasteiger partial charge in [-0.3, -0.25) is 9.79 Å². The molecule has 158 valence electrons. The van der Waals surface area contributed by atoms with Crippen LogP contribution in [0.4, 0.5) is 0 Å². The molecule has 1 saturated heterocycles. The first-order valence-electron chi connectivity index (χ1n) is 10.6. The van der Waals surface area contributed by atoms with Crippen molar-refractivity contribution in [3.63, 3.8) is 0 Å². The Bertz CT molecular complexity index is 892. The molecule has 0 unspecified atom stereocenters. The number of rotatable bonds is 5. The number of hydrogen-bond donors (Lipinski definition) is 1. The molecule has 1 fully saturated rings. The second-order valence-corrected chi connectivity index (χ2v) is 7.82. The normalized spacial score (nSPS) is 14.4. The molecule has 1 aliphatic heterocycles. The molecule has 0 bridgehead atoms. The van der Waals surface area contributed by atoms with Gasteiger partial charge in [0.2, 0.25) is 0 Å². The van der Waals surface area contributed by atoms with E-state index in [9.17, 15) is 4.79 Å². The summed E-state index contributed by atoms with van der Waals surface area (Å²) < 4.78 is 0. The van der Waals surface area contributed by atoms with E-state index in [-0.39, 0.29) is 5.91 Å². The Hall–Kier alpha value is -3.08. The SMILES string of the molecule is CN=C(NCCc1cccc(C(=O)N(C)C)c1)N1CCC(=Cc2ccccc2)CC1. The molecule has 1 heterocycles. The van der Waals surface area contributed by atoms with E-state index >= 15 is 0 Å². The largest absolute Gasteiger partial charge is 0.356 e. The molecule has 0 aliphatic carbocycles. The average Bonchev–Trinajstić information content (AvgIpc) is 2.78. The highest BCUT2D eigenvalue weighted by Gasteiger charge is 2.17. The van der Waals surface area contributed by atoms with Crippen LogP contribution in [-0.4, -0.2) is 62.4 Å². The lowest BCUT2D eigenvalue weighted by molar-refractivity contribution is 0.0827. The predicted octanol–water partition coefficient (Wildman–Crippen LogP) is 3.69. The van der Waals surface area contributed by atoms with E-state index in [0.29, 0.717) is 0 Å². The molecular weight excluding hydrogens is 372 g/mol. The van der Waals surface area contributed by atoms with Gasteiger partial charge in [-0.15, -0.1) is 0 Å². The number of piperidine rings is 1. The number of carbonyl (C=O) groups excluding carboxylic acids is 1. The summed E-state index contributed by atoms with van der Waals surface area (Å²) >= 11 is 0. The summed E-state index contributed by atoms with van der Waals surface area (Å²) in [6.45, 7) is 2.74. The third-order valence-electron chi connectivity index (χ3n) is 5.36. The maximum absolute atomic E-state index is 12.2. The van der Waals surface area contributed by atoms with E-state index in [1.807, 2.05) is 25.2 Å². The molecule has 0 saturated carbocycles. The van der Waals surface area contributed by atoms with E-state index < -0.39 is 0 Å². The van der Waals surface area contributed by atoms with Crippen LogP contribution in [0.25, 0.3) is 6.08 Å². The Labute approximate surface area is 180 Å². The van der Waals surface area contributed by atoms with Crippen molar-refractivity contribution in [1.29, 1.82) is 0 Å². The molecule has 1 amide bonds. The van der Waals surface area contributed by atoms with Crippen LogP contribution in [0, 0.1) is 0 Å². The lowest BCUT2D eigenvalue weighted by atomic mass is 10.0. The standard InChI is InChI=1S/C25H32N4O/c1-26-25(27-15-12-21-10-7-11-23(19-21)24(30)28(2)3)29-16-13-22(14-17-29)18-20-8-5-4-6-9-20/h4-11,18-19H,12-17H2,1-3H3,(H,26,27). The van der Waals surface area contributed by atoms with Gasteiger partial charge in [-0.25, -0.2) is 0 Å². The summed E-state index contributed by atoms with van der Waals surface area (Å²) in [5.74, 6) is 0.989. The van der Waals surface area contributed by atoms with Gasteiger partial charge in [-0.1, -0.05) is 54.1 Å². The van der Waals surface area contributed by atoms with Gasteiger partial charge in [0.1, 0.15) is 0 Å². The van der Waals surface area contributed by atoms with Crippen LogP contribution in [0.5, 0.6) is 0 Å². The van der Waals surface area contributed by atoms with E-state index in [1.165, 1.54) is 11.1 Å². The number of guanidine groups is 1. The van der Waals surface area contributed by atoms with Crippen LogP contribution in [0.2, 0.25) is 0 Å². The van der Waals surface area contributed by atoms with Crippen molar-refractivity contribution < 1.29 is 4.79 Å². The first-order valence-corrected chi connectivity index (χ1v) is 10.6. The van der Waals surface area contributed by atoms with Crippen LogP contribution < -0.4 is 5.32 Å². The molecule has 1 N–H and O–H groups in total. The number of nitrogens with one attached hydrogen (secondary N) is 1. The molecule has 5 heteroatoms. The number of hydrogen-bond acceptors (Lipinski definition) is 2. The summed E-state index contributed by atoms with van der Waals surface area (Å²) in [5, 5.41) is 3.48. The van der Waals surface area contributed by atoms with Crippen molar-refractivity contribution in [1.82, 2.24) is 15.1 Å². The van der Waals surface area contributed by atoms with Crippen molar-refractivity contribution in [2.75, 3.05) is 40.8 Å². The quantitative estimate of drug-likeness (QED) is 0.611. The van der Waals surface area contributed by atoms with Gasteiger partial charge in [0.05, 0.1) is 0 Å². The molecule has 3 rings (SSSR count). The Morgan fingerprint density at radius 1 is 1.10 bits per heavy atom. The van der Waals surface area contributed by atoms with Gasteiger partial charge in [0.15, 0.2) is 5.96 Å². The molecule has 2 aromatic rings. The highest BCUT2D eigenvalue weighted by molar-refractivity contribution is 5.94. The van der Waals surface area contributed by atoms with Crippen LogP contribution in [0.3, 0.4) is 0 Å². The van der Waals surface area contributed by atoms with Crippen LogP contribution >= 0.6 is 0 Å². The van der Waals surface area contributed by atoms with Gasteiger partial charge in [0.25, 0.3) is 5.91 Å². The van der Waals surface area contributed by atoms with E-state index in [2.05, 4.69) is 57.7 Å². The summed E-state index contributed by atoms with van der Waals surface area (Å²) in [6, 6.07) is 18.4. The minimum absolute atomic E-state index is 0.0355. The Morgan fingerprint density at radius 2 is 1.83 bits per heavy atom. The first kappa shape index (κ1) is 21.6. The Balaban J connectivity index is 1.49. The Kier molecular flexibility index (Phi) is 7.66. The maximum Gasteiger partial charge on any atom is 0.253 e. The number of aliphatic imine (C=N–C) groups is 1. The molecule has 5 nitrogen and oxygen atoms in total. The zero-order valence-electron chi connectivity index (χ0n) is 18.3. The van der Waals surface area contributed by atoms with Crippen molar-refractivity contribution in [2.45, 2.75) is 19.3 Å². The van der Waals surface area contributed by atoms with Crippen molar-refractivity contribution in [3.05, 3.63) is 76.9 Å². The molecule has 2 aromatic carbocycles. The highest BCUT2D eigenvalue weighted by Crippen LogP contribution is 2.19. The molecule has 30 heavy (non-hydrogen) atoms. The molecule has 0 radical (unpaired) electrons. The number of carbonyl (C=O) groups is 1. The van der Waals surface area contributed by atoms with Crippen LogP contribution in [0.15, 0.2) is 65.2 Å². The predicted molar refractivity (Wildman–Crippen MR) is 125 cm³/mol. The second-order valence-electron chi connectivity index (χ2n) is 7.82. The summed E-state index contributed by atoms with van der Waals surface area (Å²) in [5.41, 5.74) is 4.65. The van der Waals surface area contributed by atoms with Crippen molar-refractivity contribution in [2.24, 2.45) is 4.99 Å². The van der Waals surface area contributed by atoms with E-state index in [4.69, 9.17) is 0 Å². The van der Waals surface area contributed by atoms with Gasteiger partial charge in [-0.05, 0) is 42.5 Å². The second kappa shape index (κ2) is 10.6. The summed E-state index contributed by atoms with van der Waals surface area (Å²) in [7, 11) is 5.40. The topological polar surface area (TPSA) is 47.9 Å². The third kappa shape index (κ3) is 5.96. The van der Waals surface area contributed by atoms with Crippen LogP contribution in [-0.2, 0) is 6.42 Å². The number of benzene rings is 2. The smallest absolute Gasteiger partial charge is 0.253 e. The lowest BCUT2D eigenvalue weighted by Gasteiger charge is -2.31. The zero-order chi connectivity index (χ0) is 21.3. The number of nitrogens with zero attached hydrogens (tertiary/aromatic N) is 3. The van der Waals surface area contributed by atoms with Gasteiger partial charge >= 0.3 is 0 Å². The first-order chi connectivity index (χ1) is 14.6. The molecule has 0 spiro atoms. The minimum Gasteiger partial charge on any atom is -0.356 e. The van der Waals surface area contributed by atoms with Crippen molar-refractivity contribution >= 4 is 17.9 Å². The molecule has 0 aromatic heterocycles. The van der Waals surface area contributed by atoms with E-state index in [1.54, 1.807) is 19.0 Å². The molecular formula is C25H32N4O. The average molecular weight is 405 g/mol. The van der Waals surface area contributed by atoms with Crippen LogP contribution in [0.1, 0.15) is 34.3 Å². The lowest BCUT2D eigenvalue weighted by Crippen LogP contribution is -2.45. The fourth-order valence-electron chi connectivity index (χ4n) is 3.70. The molecule has 0 atom stereocenters. The minimum atomic E-state index is 0.0355. The zero-order valence-corrected chi connectivity index (χ0v) is 18.3. The fraction of sp³-hybridized carbons (Fsp3) is 0.360. The van der Waals surface area contributed by atoms with Crippen molar-refractivity contribution in [3.8, 4) is 0 Å². The summed E-state index contributed by atoms with van der Waals surface area (Å²) in [6.07, 6.45) is 5.28. The number of amides is 1. The maximum atomic E-state index is 12.2. The van der Waals surface area contributed by atoms with Gasteiger partial charge in [-0.2, -0.15) is 0 Å². The highest BCUT2D eigenvalue weighted by atomic mass is 16.2. The van der Waals surface area contributed by atoms with Gasteiger partial charge in [0, 0.05) is 46.3 Å². The summed E-state index contributed by atoms with van der Waals surface area (Å²) in [4.78, 5) is 20.6. The fourth-order valence-corrected chi connectivity index (χ4v) is 3.70. The van der Waals surface area contributed by atoms with E-state index in [0.717, 1.165) is 56.0 Å². The number of likely N-dealkylation sites (tertiary alicyclic amines) is 1.